The van der Waals surface area contributed by atoms with Crippen molar-refractivity contribution < 1.29 is 4.39 Å². The van der Waals surface area contributed by atoms with E-state index in [0.29, 0.717) is 0 Å². The molecule has 1 heteroatoms. The van der Waals surface area contributed by atoms with Gasteiger partial charge in [0.25, 0.3) is 0 Å². The summed E-state index contributed by atoms with van der Waals surface area (Å²) in [6.45, 7) is 3.97. The molecule has 0 aliphatic rings. The van der Waals surface area contributed by atoms with Crippen molar-refractivity contribution in [1.82, 2.24) is 0 Å². The van der Waals surface area contributed by atoms with Crippen molar-refractivity contribution in [3.63, 3.8) is 0 Å². The summed E-state index contributed by atoms with van der Waals surface area (Å²) < 4.78 is 13.3. The zero-order chi connectivity index (χ0) is 13.7. The first-order valence-electron chi connectivity index (χ1n) is 6.17. The highest BCUT2D eigenvalue weighted by atomic mass is 19.1. The molecule has 94 valence electrons. The summed E-state index contributed by atoms with van der Waals surface area (Å²) in [5.74, 6) is 5.96. The van der Waals surface area contributed by atoms with Gasteiger partial charge < -0.3 is 0 Å². The summed E-state index contributed by atoms with van der Waals surface area (Å²) in [6, 6.07) is 14.4. The Balaban J connectivity index is 2.41. The van der Waals surface area contributed by atoms with Crippen LogP contribution in [0.3, 0.4) is 0 Å². The fraction of sp³-hybridized carbons (Fsp3) is 0.111. The highest BCUT2D eigenvalue weighted by Crippen LogP contribution is 2.14. The molecule has 0 nitrogen and oxygen atoms in total. The molecule has 0 amide bonds. The summed E-state index contributed by atoms with van der Waals surface area (Å²) in [5.41, 5.74) is 3.73. The van der Waals surface area contributed by atoms with Crippen molar-refractivity contribution >= 4 is 6.08 Å². The minimum Gasteiger partial charge on any atom is -0.207 e. The smallest absolute Gasteiger partial charge is 0.123 e. The van der Waals surface area contributed by atoms with Gasteiger partial charge in [-0.15, -0.1) is 0 Å². The Morgan fingerprint density at radius 2 is 1.74 bits per heavy atom. The zero-order valence-electron chi connectivity index (χ0n) is 11.1. The zero-order valence-corrected chi connectivity index (χ0v) is 11.1. The van der Waals surface area contributed by atoms with E-state index in [1.165, 1.54) is 12.1 Å². The molecule has 0 heterocycles. The van der Waals surface area contributed by atoms with Gasteiger partial charge in [-0.3, -0.25) is 0 Å². The van der Waals surface area contributed by atoms with Crippen molar-refractivity contribution in [1.29, 1.82) is 0 Å². The van der Waals surface area contributed by atoms with Gasteiger partial charge in [0, 0.05) is 11.1 Å². The molecular weight excluding hydrogens is 235 g/mol. The standard InChI is InChI=1S/C18H15F/c1-14(2)12-17-13-18(19)11-10-16(17)9-8-15-6-4-3-5-7-15/h3-7,10-13H,1-2H3. The van der Waals surface area contributed by atoms with Crippen LogP contribution in [-0.4, -0.2) is 0 Å². The van der Waals surface area contributed by atoms with Crippen LogP contribution in [0.15, 0.2) is 54.1 Å². The van der Waals surface area contributed by atoms with Crippen LogP contribution >= 0.6 is 0 Å². The van der Waals surface area contributed by atoms with E-state index in [0.717, 1.165) is 22.3 Å². The monoisotopic (exact) mass is 250 g/mol. The highest BCUT2D eigenvalue weighted by molar-refractivity contribution is 5.61. The fourth-order valence-electron chi connectivity index (χ4n) is 1.74. The lowest BCUT2D eigenvalue weighted by molar-refractivity contribution is 0.627. The van der Waals surface area contributed by atoms with Crippen LogP contribution in [0.25, 0.3) is 6.08 Å². The molecule has 0 fully saturated rings. The van der Waals surface area contributed by atoms with E-state index in [9.17, 15) is 4.39 Å². The summed E-state index contributed by atoms with van der Waals surface area (Å²) >= 11 is 0. The van der Waals surface area contributed by atoms with E-state index in [2.05, 4.69) is 11.8 Å². The van der Waals surface area contributed by atoms with Gasteiger partial charge in [0.1, 0.15) is 5.82 Å². The van der Waals surface area contributed by atoms with Gasteiger partial charge in [-0.1, -0.05) is 41.7 Å². The quantitative estimate of drug-likeness (QED) is 0.646. The van der Waals surface area contributed by atoms with Gasteiger partial charge in [-0.25, -0.2) is 4.39 Å². The molecule has 0 saturated carbocycles. The Hall–Kier alpha value is -2.33. The number of benzene rings is 2. The molecule has 2 aromatic carbocycles. The Kier molecular flexibility index (Phi) is 4.15. The molecule has 0 aromatic heterocycles. The minimum atomic E-state index is -0.238. The third-order valence-corrected chi connectivity index (χ3v) is 2.57. The molecule has 0 saturated heterocycles. The van der Waals surface area contributed by atoms with Crippen molar-refractivity contribution in [2.45, 2.75) is 13.8 Å². The molecule has 0 radical (unpaired) electrons. The molecule has 19 heavy (non-hydrogen) atoms. The van der Waals surface area contributed by atoms with Crippen LogP contribution in [0.5, 0.6) is 0 Å². The Labute approximate surface area is 113 Å². The maximum Gasteiger partial charge on any atom is 0.123 e. The molecule has 0 bridgehead atoms. The van der Waals surface area contributed by atoms with Gasteiger partial charge in [0.15, 0.2) is 0 Å². The molecule has 0 atom stereocenters. The first-order chi connectivity index (χ1) is 9.15. The summed E-state index contributed by atoms with van der Waals surface area (Å²) in [5, 5.41) is 0. The van der Waals surface area contributed by atoms with Crippen LogP contribution in [0.4, 0.5) is 4.39 Å². The van der Waals surface area contributed by atoms with Crippen LogP contribution < -0.4 is 0 Å². The SMILES string of the molecule is CC(C)=Cc1cc(F)ccc1C#Cc1ccccc1. The normalized spacial score (nSPS) is 9.42. The molecule has 0 aliphatic carbocycles. The molecule has 0 spiro atoms. The Morgan fingerprint density at radius 3 is 2.42 bits per heavy atom. The average molecular weight is 250 g/mol. The average Bonchev–Trinajstić information content (AvgIpc) is 2.38. The Morgan fingerprint density at radius 1 is 1.00 bits per heavy atom. The van der Waals surface area contributed by atoms with Crippen LogP contribution in [0.2, 0.25) is 0 Å². The lowest BCUT2D eigenvalue weighted by atomic mass is 10.0. The van der Waals surface area contributed by atoms with E-state index in [-0.39, 0.29) is 5.82 Å². The second-order valence-corrected chi connectivity index (χ2v) is 4.57. The first kappa shape index (κ1) is 13.1. The van der Waals surface area contributed by atoms with Crippen LogP contribution in [0, 0.1) is 17.7 Å². The molecule has 0 aliphatic heterocycles. The van der Waals surface area contributed by atoms with Gasteiger partial charge in [0.05, 0.1) is 0 Å². The topological polar surface area (TPSA) is 0 Å². The summed E-state index contributed by atoms with van der Waals surface area (Å²) in [7, 11) is 0. The van der Waals surface area contributed by atoms with E-state index in [1.54, 1.807) is 6.07 Å². The predicted molar refractivity (Wildman–Crippen MR) is 78.1 cm³/mol. The molecular formula is C18H15F. The summed E-state index contributed by atoms with van der Waals surface area (Å²) in [6.07, 6.45) is 1.94. The van der Waals surface area contributed by atoms with Crippen molar-refractivity contribution in [3.05, 3.63) is 76.6 Å². The van der Waals surface area contributed by atoms with Gasteiger partial charge >= 0.3 is 0 Å². The third kappa shape index (κ3) is 3.82. The fourth-order valence-corrected chi connectivity index (χ4v) is 1.74. The number of halogens is 1. The van der Waals surface area contributed by atoms with Crippen LogP contribution in [0.1, 0.15) is 30.5 Å². The second-order valence-electron chi connectivity index (χ2n) is 4.57. The van der Waals surface area contributed by atoms with Gasteiger partial charge in [-0.2, -0.15) is 0 Å². The first-order valence-corrected chi connectivity index (χ1v) is 6.17. The second kappa shape index (κ2) is 6.02. The largest absolute Gasteiger partial charge is 0.207 e. The van der Waals surface area contributed by atoms with E-state index >= 15 is 0 Å². The van der Waals surface area contributed by atoms with E-state index in [1.807, 2.05) is 50.3 Å². The van der Waals surface area contributed by atoms with Gasteiger partial charge in [-0.05, 0) is 49.7 Å². The lowest BCUT2D eigenvalue weighted by Crippen LogP contribution is -1.86. The molecule has 2 aromatic rings. The van der Waals surface area contributed by atoms with E-state index < -0.39 is 0 Å². The Bertz CT molecular complexity index is 651. The lowest BCUT2D eigenvalue weighted by Gasteiger charge is -2.00. The maximum atomic E-state index is 13.3. The van der Waals surface area contributed by atoms with Crippen LogP contribution in [-0.2, 0) is 0 Å². The number of allylic oxidation sites excluding steroid dienone is 1. The number of hydrogen-bond acceptors (Lipinski definition) is 0. The molecule has 2 rings (SSSR count). The third-order valence-electron chi connectivity index (χ3n) is 2.57. The van der Waals surface area contributed by atoms with Crippen molar-refractivity contribution in [2.75, 3.05) is 0 Å². The van der Waals surface area contributed by atoms with Crippen molar-refractivity contribution in [2.24, 2.45) is 0 Å². The van der Waals surface area contributed by atoms with E-state index in [4.69, 9.17) is 0 Å². The summed E-state index contributed by atoms with van der Waals surface area (Å²) in [4.78, 5) is 0. The van der Waals surface area contributed by atoms with Crippen molar-refractivity contribution in [3.8, 4) is 11.8 Å². The predicted octanol–water partition coefficient (Wildman–Crippen LogP) is 4.65. The number of hydrogen-bond donors (Lipinski definition) is 0. The minimum absolute atomic E-state index is 0.238. The van der Waals surface area contributed by atoms with Gasteiger partial charge in [0.2, 0.25) is 0 Å². The highest BCUT2D eigenvalue weighted by Gasteiger charge is 1.99. The molecule has 0 unspecified atom stereocenters. The number of rotatable bonds is 1. The molecule has 0 N–H and O–H groups in total. The maximum absolute atomic E-state index is 13.3.